The van der Waals surface area contributed by atoms with Crippen LogP contribution in [0.4, 0.5) is 16.2 Å². The molecule has 1 aliphatic heterocycles. The van der Waals surface area contributed by atoms with Gasteiger partial charge >= 0.3 is 0 Å². The normalized spacial score (nSPS) is 13.4. The van der Waals surface area contributed by atoms with Crippen molar-refractivity contribution < 1.29 is 4.39 Å². The molecular formula is C15H17FN4. The van der Waals surface area contributed by atoms with Gasteiger partial charge in [0.2, 0.25) is 5.95 Å². The van der Waals surface area contributed by atoms with Gasteiger partial charge in [0.15, 0.2) is 11.6 Å². The van der Waals surface area contributed by atoms with Crippen LogP contribution in [0.2, 0.25) is 0 Å². The third kappa shape index (κ3) is 2.43. The fourth-order valence-corrected chi connectivity index (χ4v) is 2.38. The topological polar surface area (TPSA) is 41.1 Å². The fourth-order valence-electron chi connectivity index (χ4n) is 2.38. The Morgan fingerprint density at radius 1 is 1.25 bits per heavy atom. The smallest absolute Gasteiger partial charge is 0.224 e. The summed E-state index contributed by atoms with van der Waals surface area (Å²) in [7, 11) is 0. The first kappa shape index (κ1) is 12.8. The summed E-state index contributed by atoms with van der Waals surface area (Å²) in [6.07, 6.45) is 2.22. The molecule has 2 aromatic rings. The number of hydrogen-bond acceptors (Lipinski definition) is 4. The van der Waals surface area contributed by atoms with Crippen molar-refractivity contribution in [1.29, 1.82) is 0 Å². The predicted molar refractivity (Wildman–Crippen MR) is 77.1 cm³/mol. The lowest BCUT2D eigenvalue weighted by atomic mass is 10.1. The third-order valence-electron chi connectivity index (χ3n) is 3.40. The largest absolute Gasteiger partial charge is 0.354 e. The maximum absolute atomic E-state index is 14.0. The summed E-state index contributed by atoms with van der Waals surface area (Å²) in [6.45, 7) is 4.23. The molecule has 0 aliphatic carbocycles. The summed E-state index contributed by atoms with van der Waals surface area (Å²) in [5.74, 6) is 0.480. The van der Waals surface area contributed by atoms with Gasteiger partial charge in [-0.25, -0.2) is 9.37 Å². The Bertz CT molecular complexity index is 590. The maximum atomic E-state index is 14.0. The number of fused-ring (bicyclic) bond motifs is 1. The zero-order valence-electron chi connectivity index (χ0n) is 11.4. The Morgan fingerprint density at radius 3 is 2.60 bits per heavy atom. The number of anilines is 2. The number of nitrogens with zero attached hydrogens (tertiary/aromatic N) is 3. The van der Waals surface area contributed by atoms with E-state index in [1.165, 1.54) is 17.3 Å². The summed E-state index contributed by atoms with van der Waals surface area (Å²) >= 11 is 0. The van der Waals surface area contributed by atoms with E-state index in [1.807, 2.05) is 17.0 Å². The van der Waals surface area contributed by atoms with Gasteiger partial charge in [0, 0.05) is 19.6 Å². The maximum Gasteiger partial charge on any atom is 0.224 e. The summed E-state index contributed by atoms with van der Waals surface area (Å²) in [4.78, 5) is 10.2. The van der Waals surface area contributed by atoms with E-state index in [2.05, 4.69) is 34.3 Å². The van der Waals surface area contributed by atoms with Crippen molar-refractivity contribution >= 4 is 11.8 Å². The molecule has 0 unspecified atom stereocenters. The zero-order chi connectivity index (χ0) is 13.9. The molecule has 4 nitrogen and oxygen atoms in total. The van der Waals surface area contributed by atoms with Gasteiger partial charge in [-0.15, -0.1) is 0 Å². The number of halogens is 1. The van der Waals surface area contributed by atoms with Crippen molar-refractivity contribution in [3.8, 4) is 0 Å². The highest BCUT2D eigenvalue weighted by Crippen LogP contribution is 2.28. The van der Waals surface area contributed by atoms with Gasteiger partial charge in [-0.1, -0.05) is 31.2 Å². The molecule has 3 rings (SSSR count). The third-order valence-corrected chi connectivity index (χ3v) is 3.40. The second kappa shape index (κ2) is 5.45. The van der Waals surface area contributed by atoms with E-state index < -0.39 is 0 Å². The standard InChI is InChI=1S/C15H17FN4/c1-2-7-17-15-18-8-13(16)14(19-15)20-9-11-5-3-4-6-12(11)10-20/h3-6,8H,2,7,9-10H2,1H3,(H,17,18,19). The first-order valence-corrected chi connectivity index (χ1v) is 6.86. The molecule has 0 fully saturated rings. The minimum Gasteiger partial charge on any atom is -0.354 e. The highest BCUT2D eigenvalue weighted by atomic mass is 19.1. The van der Waals surface area contributed by atoms with Gasteiger partial charge in [-0.2, -0.15) is 4.98 Å². The molecule has 0 bridgehead atoms. The molecule has 0 amide bonds. The van der Waals surface area contributed by atoms with Crippen LogP contribution in [0.15, 0.2) is 30.5 Å². The Balaban J connectivity index is 1.84. The Kier molecular flexibility index (Phi) is 3.50. The van der Waals surface area contributed by atoms with E-state index in [1.54, 1.807) is 0 Å². The van der Waals surface area contributed by atoms with Crippen LogP contribution in [0.25, 0.3) is 0 Å². The van der Waals surface area contributed by atoms with Gasteiger partial charge in [-0.3, -0.25) is 0 Å². The fraction of sp³-hybridized carbons (Fsp3) is 0.333. The van der Waals surface area contributed by atoms with Crippen LogP contribution in [0.1, 0.15) is 24.5 Å². The first-order chi connectivity index (χ1) is 9.78. The van der Waals surface area contributed by atoms with Gasteiger partial charge in [-0.05, 0) is 17.5 Å². The zero-order valence-corrected chi connectivity index (χ0v) is 11.4. The molecule has 5 heteroatoms. The second-order valence-electron chi connectivity index (χ2n) is 4.92. The molecule has 104 valence electrons. The Labute approximate surface area is 117 Å². The van der Waals surface area contributed by atoms with E-state index >= 15 is 0 Å². The lowest BCUT2D eigenvalue weighted by Crippen LogP contribution is -2.19. The molecule has 0 spiro atoms. The summed E-state index contributed by atoms with van der Waals surface area (Å²) in [5.41, 5.74) is 2.46. The summed E-state index contributed by atoms with van der Waals surface area (Å²) in [6, 6.07) is 8.16. The van der Waals surface area contributed by atoms with Crippen molar-refractivity contribution in [3.05, 3.63) is 47.4 Å². The van der Waals surface area contributed by atoms with Gasteiger partial charge < -0.3 is 10.2 Å². The number of nitrogens with one attached hydrogen (secondary N) is 1. The minimum absolute atomic E-state index is 0.370. The van der Waals surface area contributed by atoms with Crippen molar-refractivity contribution in [2.45, 2.75) is 26.4 Å². The average molecular weight is 272 g/mol. The van der Waals surface area contributed by atoms with Crippen molar-refractivity contribution in [2.75, 3.05) is 16.8 Å². The van der Waals surface area contributed by atoms with E-state index in [4.69, 9.17) is 0 Å². The molecule has 0 saturated heterocycles. The van der Waals surface area contributed by atoms with Gasteiger partial charge in [0.05, 0.1) is 6.20 Å². The van der Waals surface area contributed by atoms with Gasteiger partial charge in [0.25, 0.3) is 0 Å². The van der Waals surface area contributed by atoms with Crippen LogP contribution < -0.4 is 10.2 Å². The molecule has 1 aromatic heterocycles. The number of aromatic nitrogens is 2. The highest BCUT2D eigenvalue weighted by Gasteiger charge is 2.22. The first-order valence-electron chi connectivity index (χ1n) is 6.86. The van der Waals surface area contributed by atoms with Crippen LogP contribution in [0.5, 0.6) is 0 Å². The van der Waals surface area contributed by atoms with Gasteiger partial charge in [0.1, 0.15) is 0 Å². The average Bonchev–Trinajstić information content (AvgIpc) is 2.90. The number of benzene rings is 1. The van der Waals surface area contributed by atoms with E-state index in [0.717, 1.165) is 13.0 Å². The van der Waals surface area contributed by atoms with Crippen molar-refractivity contribution in [1.82, 2.24) is 9.97 Å². The Morgan fingerprint density at radius 2 is 1.95 bits per heavy atom. The van der Waals surface area contributed by atoms with Crippen molar-refractivity contribution in [3.63, 3.8) is 0 Å². The molecule has 1 aromatic carbocycles. The SMILES string of the molecule is CCCNc1ncc(F)c(N2Cc3ccccc3C2)n1. The molecule has 0 radical (unpaired) electrons. The quantitative estimate of drug-likeness (QED) is 0.929. The lowest BCUT2D eigenvalue weighted by molar-refractivity contribution is 0.604. The van der Waals surface area contributed by atoms with Crippen molar-refractivity contribution in [2.24, 2.45) is 0 Å². The molecule has 0 atom stereocenters. The Hall–Kier alpha value is -2.17. The highest BCUT2D eigenvalue weighted by molar-refractivity contribution is 5.49. The predicted octanol–water partition coefficient (Wildman–Crippen LogP) is 2.96. The molecular weight excluding hydrogens is 255 g/mol. The molecule has 1 aliphatic rings. The number of hydrogen-bond donors (Lipinski definition) is 1. The minimum atomic E-state index is -0.375. The van der Waals surface area contributed by atoms with Crippen LogP contribution in [-0.2, 0) is 13.1 Å². The molecule has 2 heterocycles. The molecule has 0 saturated carbocycles. The van der Waals surface area contributed by atoms with E-state index in [0.29, 0.717) is 24.9 Å². The monoisotopic (exact) mass is 272 g/mol. The van der Waals surface area contributed by atoms with Crippen LogP contribution in [-0.4, -0.2) is 16.5 Å². The summed E-state index contributed by atoms with van der Waals surface area (Å²) < 4.78 is 14.0. The summed E-state index contributed by atoms with van der Waals surface area (Å²) in [5, 5.41) is 3.09. The van der Waals surface area contributed by atoms with E-state index in [-0.39, 0.29) is 5.82 Å². The van der Waals surface area contributed by atoms with Crippen LogP contribution in [0.3, 0.4) is 0 Å². The number of rotatable bonds is 4. The second-order valence-corrected chi connectivity index (χ2v) is 4.92. The lowest BCUT2D eigenvalue weighted by Gasteiger charge is -2.17. The van der Waals surface area contributed by atoms with Crippen LogP contribution >= 0.6 is 0 Å². The van der Waals surface area contributed by atoms with Crippen LogP contribution in [0, 0.1) is 5.82 Å². The van der Waals surface area contributed by atoms with E-state index in [9.17, 15) is 4.39 Å². The molecule has 1 N–H and O–H groups in total. The molecule has 20 heavy (non-hydrogen) atoms.